The molecule has 0 unspecified atom stereocenters. The van der Waals surface area contributed by atoms with Crippen molar-refractivity contribution in [1.82, 2.24) is 20.4 Å². The molecule has 0 saturated heterocycles. The number of hydrogen-bond donors (Lipinski definition) is 1. The number of aromatic nitrogens is 3. The van der Waals surface area contributed by atoms with Gasteiger partial charge in [0.05, 0.1) is 5.69 Å². The Morgan fingerprint density at radius 3 is 2.73 bits per heavy atom. The lowest BCUT2D eigenvalue weighted by atomic mass is 10.2. The molecule has 1 N–H and O–H groups in total. The summed E-state index contributed by atoms with van der Waals surface area (Å²) in [5.41, 5.74) is 4.70. The van der Waals surface area contributed by atoms with Crippen LogP contribution in [0.2, 0.25) is 0 Å². The van der Waals surface area contributed by atoms with Crippen molar-refractivity contribution >= 4 is 5.91 Å². The largest absolute Gasteiger partial charge is 0.361 e. The molecular formula is C16H20N4O2. The Hall–Kier alpha value is -2.24. The Morgan fingerprint density at radius 2 is 2.00 bits per heavy atom. The first-order valence-corrected chi connectivity index (χ1v) is 7.62. The Morgan fingerprint density at radius 1 is 1.18 bits per heavy atom. The van der Waals surface area contributed by atoms with Crippen LogP contribution in [0, 0.1) is 20.8 Å². The van der Waals surface area contributed by atoms with Crippen LogP contribution in [0.3, 0.4) is 0 Å². The number of hydrogen-bond acceptors (Lipinski definition) is 5. The lowest BCUT2D eigenvalue weighted by Gasteiger charge is -2.08. The second-order valence-electron chi connectivity index (χ2n) is 5.71. The van der Waals surface area contributed by atoms with Gasteiger partial charge in [-0.15, -0.1) is 0 Å². The summed E-state index contributed by atoms with van der Waals surface area (Å²) in [6.07, 6.45) is 3.92. The molecule has 0 fully saturated rings. The van der Waals surface area contributed by atoms with Crippen LogP contribution in [0.15, 0.2) is 4.52 Å². The van der Waals surface area contributed by atoms with Crippen LogP contribution in [0.5, 0.6) is 0 Å². The molecule has 0 aliphatic heterocycles. The van der Waals surface area contributed by atoms with Crippen LogP contribution in [0.4, 0.5) is 0 Å². The van der Waals surface area contributed by atoms with Gasteiger partial charge in [0.1, 0.15) is 17.1 Å². The first-order valence-electron chi connectivity index (χ1n) is 7.62. The normalized spacial score (nSPS) is 13.2. The van der Waals surface area contributed by atoms with E-state index < -0.39 is 0 Å². The van der Waals surface area contributed by atoms with Gasteiger partial charge in [0, 0.05) is 24.4 Å². The maximum absolute atomic E-state index is 12.1. The number of nitrogens with one attached hydrogen (secondary N) is 1. The van der Waals surface area contributed by atoms with Gasteiger partial charge in [0.15, 0.2) is 0 Å². The number of fused-ring (bicyclic) bond motifs is 1. The smallest absolute Gasteiger partial charge is 0.256 e. The standard InChI is InChI=1S/C16H20N4O2/c1-9-12-5-4-6-13(12)19-14(18-9)7-8-17-16(21)15-10(2)20-22-11(15)3/h4-8H2,1-3H3,(H,17,21). The van der Waals surface area contributed by atoms with E-state index in [-0.39, 0.29) is 5.91 Å². The molecule has 3 rings (SSSR count). The average molecular weight is 300 g/mol. The number of rotatable bonds is 4. The fraction of sp³-hybridized carbons (Fsp3) is 0.500. The molecule has 6 nitrogen and oxygen atoms in total. The van der Waals surface area contributed by atoms with E-state index in [4.69, 9.17) is 4.52 Å². The van der Waals surface area contributed by atoms with Crippen LogP contribution in [0.25, 0.3) is 0 Å². The summed E-state index contributed by atoms with van der Waals surface area (Å²) in [6, 6.07) is 0. The predicted molar refractivity (Wildman–Crippen MR) is 80.8 cm³/mol. The van der Waals surface area contributed by atoms with Gasteiger partial charge in [-0.3, -0.25) is 4.79 Å². The summed E-state index contributed by atoms with van der Waals surface area (Å²) < 4.78 is 5.01. The van der Waals surface area contributed by atoms with Gasteiger partial charge in [-0.1, -0.05) is 5.16 Å². The van der Waals surface area contributed by atoms with Crippen LogP contribution in [0.1, 0.15) is 51.0 Å². The maximum Gasteiger partial charge on any atom is 0.256 e. The molecule has 0 bridgehead atoms. The molecule has 1 aliphatic carbocycles. The van der Waals surface area contributed by atoms with E-state index in [1.165, 1.54) is 11.3 Å². The summed E-state index contributed by atoms with van der Waals surface area (Å²) >= 11 is 0. The van der Waals surface area contributed by atoms with E-state index in [9.17, 15) is 4.79 Å². The number of amides is 1. The van der Waals surface area contributed by atoms with Crippen LogP contribution in [-0.2, 0) is 19.3 Å². The Bertz CT molecular complexity index is 702. The zero-order valence-electron chi connectivity index (χ0n) is 13.2. The first-order chi connectivity index (χ1) is 10.6. The van der Waals surface area contributed by atoms with E-state index in [1.54, 1.807) is 13.8 Å². The van der Waals surface area contributed by atoms with Crippen molar-refractivity contribution in [2.24, 2.45) is 0 Å². The molecule has 116 valence electrons. The molecule has 1 amide bonds. The van der Waals surface area contributed by atoms with Crippen LogP contribution >= 0.6 is 0 Å². The summed E-state index contributed by atoms with van der Waals surface area (Å²) in [4.78, 5) is 21.3. The highest BCUT2D eigenvalue weighted by Crippen LogP contribution is 2.22. The maximum atomic E-state index is 12.1. The monoisotopic (exact) mass is 300 g/mol. The second-order valence-corrected chi connectivity index (χ2v) is 5.71. The molecular weight excluding hydrogens is 280 g/mol. The molecule has 1 aliphatic rings. The molecule has 0 saturated carbocycles. The zero-order valence-corrected chi connectivity index (χ0v) is 13.2. The Balaban J connectivity index is 1.62. The highest BCUT2D eigenvalue weighted by Gasteiger charge is 2.18. The van der Waals surface area contributed by atoms with Gasteiger partial charge < -0.3 is 9.84 Å². The predicted octanol–water partition coefficient (Wildman–Crippen LogP) is 1.85. The van der Waals surface area contributed by atoms with Gasteiger partial charge in [-0.25, -0.2) is 9.97 Å². The van der Waals surface area contributed by atoms with Crippen molar-refractivity contribution in [2.45, 2.75) is 46.5 Å². The third-order valence-electron chi connectivity index (χ3n) is 4.08. The minimum Gasteiger partial charge on any atom is -0.361 e. The van der Waals surface area contributed by atoms with Crippen molar-refractivity contribution in [2.75, 3.05) is 6.54 Å². The van der Waals surface area contributed by atoms with E-state index in [1.807, 2.05) is 6.92 Å². The van der Waals surface area contributed by atoms with Crippen molar-refractivity contribution in [3.8, 4) is 0 Å². The van der Waals surface area contributed by atoms with E-state index in [2.05, 4.69) is 20.4 Å². The van der Waals surface area contributed by atoms with E-state index in [0.29, 0.717) is 30.0 Å². The number of carbonyl (C=O) groups excluding carboxylic acids is 1. The van der Waals surface area contributed by atoms with Crippen molar-refractivity contribution in [1.29, 1.82) is 0 Å². The van der Waals surface area contributed by atoms with Gasteiger partial charge in [-0.05, 0) is 45.6 Å². The second kappa shape index (κ2) is 5.87. The molecule has 2 aromatic rings. The lowest BCUT2D eigenvalue weighted by Crippen LogP contribution is -2.27. The third kappa shape index (κ3) is 2.73. The van der Waals surface area contributed by atoms with Gasteiger partial charge >= 0.3 is 0 Å². The summed E-state index contributed by atoms with van der Waals surface area (Å²) in [5, 5.41) is 6.68. The van der Waals surface area contributed by atoms with Crippen molar-refractivity contribution < 1.29 is 9.32 Å². The zero-order chi connectivity index (χ0) is 15.7. The van der Waals surface area contributed by atoms with Gasteiger partial charge in [-0.2, -0.15) is 0 Å². The van der Waals surface area contributed by atoms with Crippen molar-refractivity contribution in [3.63, 3.8) is 0 Å². The number of nitrogens with zero attached hydrogens (tertiary/aromatic N) is 3. The molecule has 22 heavy (non-hydrogen) atoms. The number of aryl methyl sites for hydroxylation is 4. The fourth-order valence-electron chi connectivity index (χ4n) is 2.98. The molecule has 0 radical (unpaired) electrons. The topological polar surface area (TPSA) is 80.9 Å². The fourth-order valence-corrected chi connectivity index (χ4v) is 2.98. The SMILES string of the molecule is Cc1nc(CCNC(=O)c2c(C)noc2C)nc2c1CCC2. The van der Waals surface area contributed by atoms with E-state index >= 15 is 0 Å². The molecule has 0 spiro atoms. The first kappa shape index (κ1) is 14.7. The Kier molecular flexibility index (Phi) is 3.92. The van der Waals surface area contributed by atoms with Crippen LogP contribution < -0.4 is 5.32 Å². The quantitative estimate of drug-likeness (QED) is 0.932. The molecule has 6 heteroatoms. The number of carbonyl (C=O) groups is 1. The van der Waals surface area contributed by atoms with Crippen LogP contribution in [-0.4, -0.2) is 27.6 Å². The summed E-state index contributed by atoms with van der Waals surface area (Å²) in [5.74, 6) is 1.19. The van der Waals surface area contributed by atoms with E-state index in [0.717, 1.165) is 30.8 Å². The van der Waals surface area contributed by atoms with Crippen molar-refractivity contribution in [3.05, 3.63) is 39.8 Å². The van der Waals surface area contributed by atoms with Gasteiger partial charge in [0.25, 0.3) is 5.91 Å². The Labute approximate surface area is 129 Å². The molecule has 0 aromatic carbocycles. The molecule has 2 aromatic heterocycles. The summed E-state index contributed by atoms with van der Waals surface area (Å²) in [7, 11) is 0. The molecule has 0 atom stereocenters. The highest BCUT2D eigenvalue weighted by atomic mass is 16.5. The summed E-state index contributed by atoms with van der Waals surface area (Å²) in [6.45, 7) is 6.04. The highest BCUT2D eigenvalue weighted by molar-refractivity contribution is 5.96. The third-order valence-corrected chi connectivity index (χ3v) is 4.08. The lowest BCUT2D eigenvalue weighted by molar-refractivity contribution is 0.0952. The minimum absolute atomic E-state index is 0.158. The van der Waals surface area contributed by atoms with Gasteiger partial charge in [0.2, 0.25) is 0 Å². The molecule has 2 heterocycles. The minimum atomic E-state index is -0.158. The average Bonchev–Trinajstić information content (AvgIpc) is 3.06.